The van der Waals surface area contributed by atoms with Crippen molar-refractivity contribution in [2.75, 3.05) is 26.2 Å². The van der Waals surface area contributed by atoms with Gasteiger partial charge < -0.3 is 10.4 Å². The standard InChI is InChI=1S/C11H18N2O2/c14-11(15)9-2-1-3-10(8-9)13-6-4-12-5-7-13/h1,3,9-10,12H,2,4-8H2,(H,14,15)/t9?,10-/m1/s1. The summed E-state index contributed by atoms with van der Waals surface area (Å²) < 4.78 is 0. The highest BCUT2D eigenvalue weighted by Gasteiger charge is 2.27. The molecule has 0 aromatic carbocycles. The van der Waals surface area contributed by atoms with Crippen molar-refractivity contribution in [1.82, 2.24) is 10.2 Å². The van der Waals surface area contributed by atoms with E-state index in [1.54, 1.807) is 0 Å². The van der Waals surface area contributed by atoms with Crippen molar-refractivity contribution in [2.45, 2.75) is 18.9 Å². The zero-order valence-corrected chi connectivity index (χ0v) is 8.85. The van der Waals surface area contributed by atoms with Crippen molar-refractivity contribution in [2.24, 2.45) is 5.92 Å². The van der Waals surface area contributed by atoms with Crippen molar-refractivity contribution in [3.8, 4) is 0 Å². The monoisotopic (exact) mass is 210 g/mol. The molecule has 0 bridgehead atoms. The first-order valence-electron chi connectivity index (χ1n) is 5.61. The highest BCUT2D eigenvalue weighted by molar-refractivity contribution is 5.70. The van der Waals surface area contributed by atoms with Crippen LogP contribution >= 0.6 is 0 Å². The van der Waals surface area contributed by atoms with Gasteiger partial charge in [0.25, 0.3) is 0 Å². The van der Waals surface area contributed by atoms with Gasteiger partial charge in [0.05, 0.1) is 5.92 Å². The van der Waals surface area contributed by atoms with Gasteiger partial charge in [-0.15, -0.1) is 0 Å². The van der Waals surface area contributed by atoms with E-state index in [9.17, 15) is 4.79 Å². The molecule has 84 valence electrons. The number of aliphatic carboxylic acids is 1. The van der Waals surface area contributed by atoms with E-state index < -0.39 is 5.97 Å². The van der Waals surface area contributed by atoms with E-state index in [1.165, 1.54) is 0 Å². The summed E-state index contributed by atoms with van der Waals surface area (Å²) in [5, 5.41) is 12.3. The molecule has 0 saturated carbocycles. The van der Waals surface area contributed by atoms with Crippen molar-refractivity contribution < 1.29 is 9.90 Å². The molecule has 2 rings (SSSR count). The number of carbonyl (C=O) groups is 1. The van der Waals surface area contributed by atoms with Gasteiger partial charge >= 0.3 is 5.97 Å². The second-order valence-corrected chi connectivity index (χ2v) is 4.29. The molecule has 1 fully saturated rings. The van der Waals surface area contributed by atoms with Crippen molar-refractivity contribution >= 4 is 5.97 Å². The molecule has 1 saturated heterocycles. The van der Waals surface area contributed by atoms with Crippen LogP contribution in [-0.2, 0) is 4.79 Å². The number of nitrogens with zero attached hydrogens (tertiary/aromatic N) is 1. The Morgan fingerprint density at radius 3 is 2.80 bits per heavy atom. The van der Waals surface area contributed by atoms with Crippen molar-refractivity contribution in [1.29, 1.82) is 0 Å². The molecule has 1 aliphatic heterocycles. The van der Waals surface area contributed by atoms with Gasteiger partial charge in [-0.1, -0.05) is 12.2 Å². The third kappa shape index (κ3) is 2.58. The van der Waals surface area contributed by atoms with E-state index in [4.69, 9.17) is 5.11 Å². The van der Waals surface area contributed by atoms with Gasteiger partial charge in [-0.05, 0) is 12.8 Å². The lowest BCUT2D eigenvalue weighted by Gasteiger charge is -2.36. The fourth-order valence-electron chi connectivity index (χ4n) is 2.35. The largest absolute Gasteiger partial charge is 0.481 e. The molecule has 2 aliphatic rings. The van der Waals surface area contributed by atoms with Gasteiger partial charge in [0.1, 0.15) is 0 Å². The van der Waals surface area contributed by atoms with E-state index in [0.717, 1.165) is 32.6 Å². The molecule has 0 aromatic heterocycles. The number of piperazine rings is 1. The average Bonchev–Trinajstić information content (AvgIpc) is 2.30. The molecule has 1 heterocycles. The molecule has 1 aliphatic carbocycles. The van der Waals surface area contributed by atoms with Gasteiger partial charge in [-0.2, -0.15) is 0 Å². The smallest absolute Gasteiger partial charge is 0.306 e. The Hall–Kier alpha value is -0.870. The minimum absolute atomic E-state index is 0.185. The lowest BCUT2D eigenvalue weighted by molar-refractivity contribution is -0.142. The van der Waals surface area contributed by atoms with Crippen LogP contribution in [0.3, 0.4) is 0 Å². The van der Waals surface area contributed by atoms with Gasteiger partial charge in [0.15, 0.2) is 0 Å². The Kier molecular flexibility index (Phi) is 3.38. The summed E-state index contributed by atoms with van der Waals surface area (Å²) >= 11 is 0. The molecule has 15 heavy (non-hydrogen) atoms. The van der Waals surface area contributed by atoms with Crippen LogP contribution in [0.2, 0.25) is 0 Å². The minimum atomic E-state index is -0.653. The Bertz CT molecular complexity index is 259. The highest BCUT2D eigenvalue weighted by atomic mass is 16.4. The Balaban J connectivity index is 1.94. The third-order valence-electron chi connectivity index (χ3n) is 3.27. The molecular formula is C11H18N2O2. The summed E-state index contributed by atoms with van der Waals surface area (Å²) in [6, 6.07) is 0.335. The lowest BCUT2D eigenvalue weighted by Crippen LogP contribution is -2.49. The lowest BCUT2D eigenvalue weighted by atomic mass is 9.90. The maximum Gasteiger partial charge on any atom is 0.306 e. The number of allylic oxidation sites excluding steroid dienone is 1. The van der Waals surface area contributed by atoms with Crippen molar-refractivity contribution in [3.05, 3.63) is 12.2 Å². The van der Waals surface area contributed by atoms with Crippen molar-refractivity contribution in [3.63, 3.8) is 0 Å². The molecule has 4 heteroatoms. The molecule has 2 N–H and O–H groups in total. The van der Waals surface area contributed by atoms with Crippen LogP contribution in [0.1, 0.15) is 12.8 Å². The zero-order chi connectivity index (χ0) is 10.7. The van der Waals surface area contributed by atoms with Crippen LogP contribution < -0.4 is 5.32 Å². The van der Waals surface area contributed by atoms with Crippen LogP contribution in [0.15, 0.2) is 12.2 Å². The summed E-state index contributed by atoms with van der Waals surface area (Å²) in [5.41, 5.74) is 0. The van der Waals surface area contributed by atoms with Crippen LogP contribution in [0.5, 0.6) is 0 Å². The first-order valence-corrected chi connectivity index (χ1v) is 5.61. The summed E-state index contributed by atoms with van der Waals surface area (Å²) in [4.78, 5) is 13.3. The fraction of sp³-hybridized carbons (Fsp3) is 0.727. The highest BCUT2D eigenvalue weighted by Crippen LogP contribution is 2.22. The number of hydrogen-bond acceptors (Lipinski definition) is 3. The van der Waals surface area contributed by atoms with E-state index in [0.29, 0.717) is 12.5 Å². The summed E-state index contributed by atoms with van der Waals surface area (Å²) in [7, 11) is 0. The predicted molar refractivity (Wildman–Crippen MR) is 57.7 cm³/mol. The second kappa shape index (κ2) is 4.77. The Morgan fingerprint density at radius 2 is 2.13 bits per heavy atom. The SMILES string of the molecule is O=C(O)C1CC=C[C@@H](N2CCNCC2)C1. The molecule has 2 atom stereocenters. The summed E-state index contributed by atoms with van der Waals surface area (Å²) in [6.07, 6.45) is 5.66. The first kappa shape index (κ1) is 10.6. The first-order chi connectivity index (χ1) is 7.27. The average molecular weight is 210 g/mol. The van der Waals surface area contributed by atoms with E-state index >= 15 is 0 Å². The molecule has 0 amide bonds. The summed E-state index contributed by atoms with van der Waals surface area (Å²) in [6.45, 7) is 4.09. The molecule has 1 unspecified atom stereocenters. The predicted octanol–water partition coefficient (Wildman–Crippen LogP) is 0.311. The third-order valence-corrected chi connectivity index (χ3v) is 3.27. The maximum absolute atomic E-state index is 10.9. The molecule has 4 nitrogen and oxygen atoms in total. The molecule has 0 aromatic rings. The normalized spacial score (nSPS) is 32.8. The van der Waals surface area contributed by atoms with Crippen LogP contribution in [0.4, 0.5) is 0 Å². The number of hydrogen-bond donors (Lipinski definition) is 2. The number of nitrogens with one attached hydrogen (secondary N) is 1. The topological polar surface area (TPSA) is 52.6 Å². The maximum atomic E-state index is 10.9. The van der Waals surface area contributed by atoms with Crippen LogP contribution in [0.25, 0.3) is 0 Å². The van der Waals surface area contributed by atoms with Gasteiger partial charge in [-0.25, -0.2) is 0 Å². The molecule has 0 spiro atoms. The zero-order valence-electron chi connectivity index (χ0n) is 8.85. The number of carboxylic acid groups (broad SMARTS) is 1. The quantitative estimate of drug-likeness (QED) is 0.644. The van der Waals surface area contributed by atoms with Crippen LogP contribution in [0, 0.1) is 5.92 Å². The summed E-state index contributed by atoms with van der Waals surface area (Å²) in [5.74, 6) is -0.839. The van der Waals surface area contributed by atoms with Gasteiger partial charge in [0.2, 0.25) is 0 Å². The van der Waals surface area contributed by atoms with E-state index in [-0.39, 0.29) is 5.92 Å². The van der Waals surface area contributed by atoms with Crippen LogP contribution in [-0.4, -0.2) is 48.2 Å². The Labute approximate surface area is 90.0 Å². The van der Waals surface area contributed by atoms with Gasteiger partial charge in [0, 0.05) is 32.2 Å². The molecule has 0 radical (unpaired) electrons. The van der Waals surface area contributed by atoms with Gasteiger partial charge in [-0.3, -0.25) is 9.69 Å². The van der Waals surface area contributed by atoms with E-state index in [1.807, 2.05) is 6.08 Å². The minimum Gasteiger partial charge on any atom is -0.481 e. The Morgan fingerprint density at radius 1 is 1.40 bits per heavy atom. The number of rotatable bonds is 2. The fourth-order valence-corrected chi connectivity index (χ4v) is 2.35. The molecular weight excluding hydrogens is 192 g/mol. The second-order valence-electron chi connectivity index (χ2n) is 4.29. The number of carboxylic acids is 1. The van der Waals surface area contributed by atoms with E-state index in [2.05, 4.69) is 16.3 Å².